The standard InChI is InChI=1S/C13H15ClO/c1-13(14)8-4-6-10-5-2-3-7-11(10)12(15)9-13/h2-3,5,7H,4,6,8-9H2,1H3. The van der Waals surface area contributed by atoms with Crippen LogP contribution in [0.5, 0.6) is 0 Å². The van der Waals surface area contributed by atoms with Crippen LogP contribution in [-0.2, 0) is 6.42 Å². The third kappa shape index (κ3) is 2.40. The molecule has 1 aromatic rings. The summed E-state index contributed by atoms with van der Waals surface area (Å²) in [4.78, 5) is 11.6. The van der Waals surface area contributed by atoms with Crippen LogP contribution in [0.3, 0.4) is 0 Å². The average molecular weight is 223 g/mol. The summed E-state index contributed by atoms with van der Waals surface area (Å²) in [5, 5.41) is 0. The molecule has 0 saturated heterocycles. The highest BCUT2D eigenvalue weighted by molar-refractivity contribution is 6.25. The minimum Gasteiger partial charge on any atom is -0.294 e. The first-order valence-corrected chi connectivity index (χ1v) is 5.76. The molecule has 2 heteroatoms. The Morgan fingerprint density at radius 1 is 1.33 bits per heavy atom. The first kappa shape index (κ1) is 10.7. The van der Waals surface area contributed by atoms with Crippen molar-refractivity contribution in [1.29, 1.82) is 0 Å². The number of alkyl halides is 1. The van der Waals surface area contributed by atoms with E-state index in [1.165, 1.54) is 5.56 Å². The zero-order valence-electron chi connectivity index (χ0n) is 8.92. The van der Waals surface area contributed by atoms with Crippen LogP contribution in [0, 0.1) is 0 Å². The lowest BCUT2D eigenvalue weighted by atomic mass is 9.87. The van der Waals surface area contributed by atoms with E-state index in [1.807, 2.05) is 31.2 Å². The van der Waals surface area contributed by atoms with E-state index in [-0.39, 0.29) is 10.7 Å². The van der Waals surface area contributed by atoms with Crippen molar-refractivity contribution >= 4 is 17.4 Å². The van der Waals surface area contributed by atoms with Crippen molar-refractivity contribution in [3.63, 3.8) is 0 Å². The fraction of sp³-hybridized carbons (Fsp3) is 0.462. The first-order valence-electron chi connectivity index (χ1n) is 5.38. The van der Waals surface area contributed by atoms with Crippen molar-refractivity contribution in [1.82, 2.24) is 0 Å². The van der Waals surface area contributed by atoms with Gasteiger partial charge in [0.25, 0.3) is 0 Å². The zero-order valence-corrected chi connectivity index (χ0v) is 9.68. The van der Waals surface area contributed by atoms with E-state index >= 15 is 0 Å². The van der Waals surface area contributed by atoms with E-state index in [0.29, 0.717) is 6.42 Å². The van der Waals surface area contributed by atoms with Gasteiger partial charge in [-0.15, -0.1) is 11.6 Å². The molecule has 0 saturated carbocycles. The molecular weight excluding hydrogens is 208 g/mol. The Morgan fingerprint density at radius 2 is 2.07 bits per heavy atom. The number of aryl methyl sites for hydroxylation is 1. The minimum atomic E-state index is -0.357. The molecule has 1 nitrogen and oxygen atoms in total. The number of hydrogen-bond donors (Lipinski definition) is 0. The lowest BCUT2D eigenvalue weighted by Crippen LogP contribution is -2.24. The van der Waals surface area contributed by atoms with Gasteiger partial charge in [0.05, 0.1) is 0 Å². The van der Waals surface area contributed by atoms with Crippen LogP contribution in [0.1, 0.15) is 42.1 Å². The van der Waals surface area contributed by atoms with Gasteiger partial charge in [-0.1, -0.05) is 24.3 Å². The summed E-state index contributed by atoms with van der Waals surface area (Å²) in [6.07, 6.45) is 3.38. The Bertz CT molecular complexity index is 382. The molecule has 1 unspecified atom stereocenters. The number of carbonyl (C=O) groups is 1. The minimum absolute atomic E-state index is 0.183. The van der Waals surface area contributed by atoms with Gasteiger partial charge in [0, 0.05) is 16.9 Å². The van der Waals surface area contributed by atoms with E-state index in [9.17, 15) is 4.79 Å². The number of carbonyl (C=O) groups excluding carboxylic acids is 1. The lowest BCUT2D eigenvalue weighted by molar-refractivity contribution is 0.0965. The molecule has 0 spiro atoms. The summed E-state index contributed by atoms with van der Waals surface area (Å²) >= 11 is 6.29. The number of ketones is 1. The molecule has 0 aromatic heterocycles. The van der Waals surface area contributed by atoms with Crippen LogP contribution < -0.4 is 0 Å². The van der Waals surface area contributed by atoms with E-state index in [4.69, 9.17) is 11.6 Å². The monoisotopic (exact) mass is 222 g/mol. The molecule has 0 aliphatic heterocycles. The summed E-state index contributed by atoms with van der Waals surface area (Å²) in [5.41, 5.74) is 2.04. The highest BCUT2D eigenvalue weighted by atomic mass is 35.5. The van der Waals surface area contributed by atoms with Gasteiger partial charge in [-0.3, -0.25) is 4.79 Å². The van der Waals surface area contributed by atoms with Gasteiger partial charge in [-0.2, -0.15) is 0 Å². The molecule has 0 fully saturated rings. The van der Waals surface area contributed by atoms with Gasteiger partial charge in [0.2, 0.25) is 0 Å². The van der Waals surface area contributed by atoms with E-state index in [2.05, 4.69) is 0 Å². The van der Waals surface area contributed by atoms with E-state index in [1.54, 1.807) is 0 Å². The summed E-state index contributed by atoms with van der Waals surface area (Å²) in [6.45, 7) is 1.96. The SMILES string of the molecule is CC1(Cl)CCCc2ccccc2C(=O)C1. The van der Waals surface area contributed by atoms with E-state index < -0.39 is 0 Å². The third-order valence-corrected chi connectivity index (χ3v) is 3.31. The van der Waals surface area contributed by atoms with Gasteiger partial charge in [-0.25, -0.2) is 0 Å². The Labute approximate surface area is 95.4 Å². The van der Waals surface area contributed by atoms with E-state index in [0.717, 1.165) is 24.8 Å². The quantitative estimate of drug-likeness (QED) is 0.613. The molecule has 0 amide bonds. The lowest BCUT2D eigenvalue weighted by Gasteiger charge is -2.24. The normalized spacial score (nSPS) is 26.7. The number of halogens is 1. The molecule has 1 aliphatic rings. The highest BCUT2D eigenvalue weighted by Crippen LogP contribution is 2.31. The molecular formula is C13H15ClO. The summed E-state index contributed by atoms with van der Waals surface area (Å²) in [6, 6.07) is 7.87. The van der Waals surface area contributed by atoms with Crippen molar-refractivity contribution in [3.8, 4) is 0 Å². The van der Waals surface area contributed by atoms with Gasteiger partial charge in [-0.05, 0) is 31.7 Å². The number of benzene rings is 1. The topological polar surface area (TPSA) is 17.1 Å². The Kier molecular flexibility index (Phi) is 2.83. The Morgan fingerprint density at radius 3 is 2.87 bits per heavy atom. The molecule has 1 aromatic carbocycles. The second-order valence-electron chi connectivity index (χ2n) is 4.52. The number of Topliss-reactive ketones (excluding diaryl/α,β-unsaturated/α-hetero) is 1. The maximum absolute atomic E-state index is 12.0. The molecule has 15 heavy (non-hydrogen) atoms. The number of hydrogen-bond acceptors (Lipinski definition) is 1. The fourth-order valence-electron chi connectivity index (χ4n) is 2.18. The third-order valence-electron chi connectivity index (χ3n) is 2.99. The molecule has 2 rings (SSSR count). The van der Waals surface area contributed by atoms with Gasteiger partial charge in [0.15, 0.2) is 5.78 Å². The molecule has 0 N–H and O–H groups in total. The van der Waals surface area contributed by atoms with Crippen LogP contribution in [-0.4, -0.2) is 10.7 Å². The zero-order chi connectivity index (χ0) is 10.9. The molecule has 0 radical (unpaired) electrons. The van der Waals surface area contributed by atoms with Gasteiger partial charge < -0.3 is 0 Å². The van der Waals surface area contributed by atoms with Crippen molar-refractivity contribution < 1.29 is 4.79 Å². The second-order valence-corrected chi connectivity index (χ2v) is 5.44. The van der Waals surface area contributed by atoms with Gasteiger partial charge in [0.1, 0.15) is 0 Å². The second kappa shape index (κ2) is 3.97. The largest absolute Gasteiger partial charge is 0.294 e. The molecule has 1 atom stereocenters. The van der Waals surface area contributed by atoms with Gasteiger partial charge >= 0.3 is 0 Å². The number of rotatable bonds is 0. The Hall–Kier alpha value is -0.820. The highest BCUT2D eigenvalue weighted by Gasteiger charge is 2.27. The fourth-order valence-corrected chi connectivity index (χ4v) is 2.43. The molecule has 80 valence electrons. The predicted octanol–water partition coefficient (Wildman–Crippen LogP) is 3.59. The summed E-state index contributed by atoms with van der Waals surface area (Å²) in [5.74, 6) is 0.183. The summed E-state index contributed by atoms with van der Waals surface area (Å²) in [7, 11) is 0. The smallest absolute Gasteiger partial charge is 0.164 e. The van der Waals surface area contributed by atoms with Crippen molar-refractivity contribution in [2.45, 2.75) is 37.5 Å². The van der Waals surface area contributed by atoms with Crippen molar-refractivity contribution in [3.05, 3.63) is 35.4 Å². The number of fused-ring (bicyclic) bond motifs is 1. The van der Waals surface area contributed by atoms with Crippen LogP contribution in [0.25, 0.3) is 0 Å². The first-order chi connectivity index (χ1) is 7.08. The Balaban J connectivity index is 2.36. The average Bonchev–Trinajstić information content (AvgIpc) is 2.15. The summed E-state index contributed by atoms with van der Waals surface area (Å²) < 4.78 is 0. The maximum atomic E-state index is 12.0. The predicted molar refractivity (Wildman–Crippen MR) is 62.6 cm³/mol. The van der Waals surface area contributed by atoms with Crippen molar-refractivity contribution in [2.75, 3.05) is 0 Å². The maximum Gasteiger partial charge on any atom is 0.164 e. The molecule has 0 heterocycles. The van der Waals surface area contributed by atoms with Crippen molar-refractivity contribution in [2.24, 2.45) is 0 Å². The van der Waals surface area contributed by atoms with Crippen LogP contribution in [0.2, 0.25) is 0 Å². The molecule has 1 aliphatic carbocycles. The van der Waals surface area contributed by atoms with Crippen LogP contribution >= 0.6 is 11.6 Å². The molecule has 0 bridgehead atoms. The van der Waals surface area contributed by atoms with Crippen LogP contribution in [0.15, 0.2) is 24.3 Å². The van der Waals surface area contributed by atoms with Crippen LogP contribution in [0.4, 0.5) is 0 Å².